The van der Waals surface area contributed by atoms with Crippen LogP contribution in [0.5, 0.6) is 0 Å². The monoisotopic (exact) mass is 456 g/mol. The first-order chi connectivity index (χ1) is 13.9. The average molecular weight is 457 g/mol. The van der Waals surface area contributed by atoms with Gasteiger partial charge in [-0.15, -0.1) is 11.8 Å². The predicted molar refractivity (Wildman–Crippen MR) is 113 cm³/mol. The Bertz CT molecular complexity index is 937. The van der Waals surface area contributed by atoms with Crippen LogP contribution in [0.15, 0.2) is 58.3 Å². The van der Waals surface area contributed by atoms with Crippen LogP contribution in [0.1, 0.15) is 12.8 Å². The summed E-state index contributed by atoms with van der Waals surface area (Å²) in [7, 11) is -3.74. The number of thioether (sulfide) groups is 1. The minimum atomic E-state index is -3.74. The van der Waals surface area contributed by atoms with Crippen molar-refractivity contribution in [2.45, 2.75) is 22.6 Å². The smallest absolute Gasteiger partial charge is 0.243 e. The molecule has 0 saturated carbocycles. The summed E-state index contributed by atoms with van der Waals surface area (Å²) in [5, 5.41) is 3.58. The van der Waals surface area contributed by atoms with E-state index in [2.05, 4.69) is 5.32 Å². The normalized spacial score (nSPS) is 17.8. The van der Waals surface area contributed by atoms with Gasteiger partial charge in [-0.25, -0.2) is 12.8 Å². The summed E-state index contributed by atoms with van der Waals surface area (Å²) in [5.74, 6) is -0.311. The number of piperidine rings is 1. The molecule has 2 aromatic rings. The van der Waals surface area contributed by atoms with E-state index in [4.69, 9.17) is 11.6 Å². The van der Waals surface area contributed by atoms with Crippen molar-refractivity contribution in [3.05, 3.63) is 59.4 Å². The highest BCUT2D eigenvalue weighted by molar-refractivity contribution is 7.99. The Labute approximate surface area is 179 Å². The molecule has 0 aromatic heterocycles. The minimum absolute atomic E-state index is 0.0410. The van der Waals surface area contributed by atoms with Crippen LogP contribution in [-0.2, 0) is 14.8 Å². The zero-order valence-electron chi connectivity index (χ0n) is 15.7. The van der Waals surface area contributed by atoms with Gasteiger partial charge in [-0.3, -0.25) is 4.79 Å². The summed E-state index contributed by atoms with van der Waals surface area (Å²) in [5.41, 5.74) is 0. The van der Waals surface area contributed by atoms with Gasteiger partial charge in [0, 0.05) is 35.3 Å². The van der Waals surface area contributed by atoms with Gasteiger partial charge >= 0.3 is 0 Å². The number of amides is 1. The molecule has 1 fully saturated rings. The summed E-state index contributed by atoms with van der Waals surface area (Å²) in [6, 6.07) is 12.2. The Morgan fingerprint density at radius 1 is 1.17 bits per heavy atom. The molecular formula is C20H22ClFN2O3S2. The molecule has 0 aliphatic carbocycles. The van der Waals surface area contributed by atoms with Crippen molar-refractivity contribution in [3.63, 3.8) is 0 Å². The fraction of sp³-hybridized carbons (Fsp3) is 0.350. The second-order valence-corrected chi connectivity index (χ2v) is 10.3. The molecule has 156 valence electrons. The lowest BCUT2D eigenvalue weighted by atomic mass is 9.99. The first-order valence-corrected chi connectivity index (χ1v) is 12.1. The number of nitrogens with one attached hydrogen (secondary N) is 1. The molecule has 2 aromatic carbocycles. The number of hydrogen-bond donors (Lipinski definition) is 1. The van der Waals surface area contributed by atoms with E-state index in [1.54, 1.807) is 11.8 Å². The van der Waals surface area contributed by atoms with E-state index in [1.807, 2.05) is 24.3 Å². The number of halogens is 2. The topological polar surface area (TPSA) is 66.5 Å². The van der Waals surface area contributed by atoms with Gasteiger partial charge in [-0.05, 0) is 61.4 Å². The highest BCUT2D eigenvalue weighted by atomic mass is 35.5. The number of nitrogens with zero attached hydrogens (tertiary/aromatic N) is 1. The Hall–Kier alpha value is -1.61. The van der Waals surface area contributed by atoms with Crippen LogP contribution in [0.3, 0.4) is 0 Å². The van der Waals surface area contributed by atoms with Crippen LogP contribution in [0.2, 0.25) is 5.02 Å². The van der Waals surface area contributed by atoms with Gasteiger partial charge in [-0.1, -0.05) is 11.6 Å². The molecule has 0 spiro atoms. The lowest BCUT2D eigenvalue weighted by Crippen LogP contribution is -2.45. The fourth-order valence-electron chi connectivity index (χ4n) is 3.15. The first-order valence-electron chi connectivity index (χ1n) is 9.28. The van der Waals surface area contributed by atoms with E-state index in [0.29, 0.717) is 36.7 Å². The molecule has 3 rings (SSSR count). The minimum Gasteiger partial charge on any atom is -0.355 e. The fourth-order valence-corrected chi connectivity index (χ4v) is 5.57. The highest BCUT2D eigenvalue weighted by Crippen LogP contribution is 2.24. The maximum absolute atomic E-state index is 13.1. The van der Waals surface area contributed by atoms with E-state index in [0.717, 1.165) is 17.0 Å². The average Bonchev–Trinajstić information content (AvgIpc) is 2.73. The molecule has 1 unspecified atom stereocenters. The van der Waals surface area contributed by atoms with Crippen LogP contribution in [0.4, 0.5) is 4.39 Å². The highest BCUT2D eigenvalue weighted by Gasteiger charge is 2.33. The third-order valence-electron chi connectivity index (χ3n) is 4.69. The molecule has 1 heterocycles. The zero-order valence-corrected chi connectivity index (χ0v) is 18.1. The van der Waals surface area contributed by atoms with Crippen molar-refractivity contribution in [3.8, 4) is 0 Å². The molecule has 1 atom stereocenters. The van der Waals surface area contributed by atoms with E-state index >= 15 is 0 Å². The van der Waals surface area contributed by atoms with Crippen LogP contribution >= 0.6 is 23.4 Å². The van der Waals surface area contributed by atoms with E-state index in [-0.39, 0.29) is 23.3 Å². The van der Waals surface area contributed by atoms with Crippen LogP contribution in [-0.4, -0.2) is 44.0 Å². The standard InChI is InChI=1S/C20H22ClFN2O3S2/c21-16-3-7-18(8-4-16)28-13-11-23-20(25)15-2-1-12-24(14-15)29(26,27)19-9-5-17(22)6-10-19/h3-10,15H,1-2,11-14H2,(H,23,25). The van der Waals surface area contributed by atoms with Gasteiger partial charge in [0.1, 0.15) is 5.82 Å². The molecule has 0 bridgehead atoms. The number of rotatable bonds is 7. The summed E-state index contributed by atoms with van der Waals surface area (Å²) in [6.07, 6.45) is 1.25. The summed E-state index contributed by atoms with van der Waals surface area (Å²) in [6.45, 7) is 0.985. The van der Waals surface area contributed by atoms with Crippen molar-refractivity contribution in [1.29, 1.82) is 0 Å². The van der Waals surface area contributed by atoms with Gasteiger partial charge in [0.15, 0.2) is 0 Å². The molecule has 29 heavy (non-hydrogen) atoms. The molecule has 1 aliphatic rings. The molecule has 0 radical (unpaired) electrons. The molecular weight excluding hydrogens is 435 g/mol. The van der Waals surface area contributed by atoms with Crippen LogP contribution < -0.4 is 5.32 Å². The molecule has 1 amide bonds. The molecule has 9 heteroatoms. The quantitative estimate of drug-likeness (QED) is 0.508. The second-order valence-electron chi connectivity index (χ2n) is 6.75. The van der Waals surface area contributed by atoms with Gasteiger partial charge < -0.3 is 5.32 Å². The summed E-state index contributed by atoms with van der Waals surface area (Å²) in [4.78, 5) is 13.6. The Morgan fingerprint density at radius 2 is 1.86 bits per heavy atom. The van der Waals surface area contributed by atoms with Gasteiger partial charge in [-0.2, -0.15) is 4.31 Å². The van der Waals surface area contributed by atoms with Crippen LogP contribution in [0, 0.1) is 11.7 Å². The first kappa shape index (κ1) is 22.1. The maximum Gasteiger partial charge on any atom is 0.243 e. The van der Waals surface area contributed by atoms with Crippen LogP contribution in [0.25, 0.3) is 0 Å². The van der Waals surface area contributed by atoms with Crippen molar-refractivity contribution in [1.82, 2.24) is 9.62 Å². The number of benzene rings is 2. The Kier molecular flexibility index (Phi) is 7.56. The predicted octanol–water partition coefficient (Wildman–Crippen LogP) is 3.79. The Balaban J connectivity index is 1.51. The zero-order chi connectivity index (χ0) is 20.9. The van der Waals surface area contributed by atoms with Crippen molar-refractivity contribution >= 4 is 39.3 Å². The van der Waals surface area contributed by atoms with Crippen molar-refractivity contribution in [2.75, 3.05) is 25.4 Å². The van der Waals surface area contributed by atoms with E-state index in [9.17, 15) is 17.6 Å². The number of carbonyl (C=O) groups excluding carboxylic acids is 1. The molecule has 5 nitrogen and oxygen atoms in total. The largest absolute Gasteiger partial charge is 0.355 e. The van der Waals surface area contributed by atoms with E-state index in [1.165, 1.54) is 16.4 Å². The van der Waals surface area contributed by atoms with E-state index < -0.39 is 15.8 Å². The number of sulfonamides is 1. The lowest BCUT2D eigenvalue weighted by molar-refractivity contribution is -0.125. The number of hydrogen-bond acceptors (Lipinski definition) is 4. The Morgan fingerprint density at radius 3 is 2.55 bits per heavy atom. The second kappa shape index (κ2) is 9.93. The molecule has 1 N–H and O–H groups in total. The summed E-state index contributed by atoms with van der Waals surface area (Å²) < 4.78 is 39.9. The van der Waals surface area contributed by atoms with Gasteiger partial charge in [0.05, 0.1) is 10.8 Å². The molecule has 1 saturated heterocycles. The third kappa shape index (κ3) is 5.94. The molecule has 1 aliphatic heterocycles. The maximum atomic E-state index is 13.1. The van der Waals surface area contributed by atoms with Gasteiger partial charge in [0.2, 0.25) is 15.9 Å². The van der Waals surface area contributed by atoms with Crippen molar-refractivity contribution in [2.24, 2.45) is 5.92 Å². The lowest BCUT2D eigenvalue weighted by Gasteiger charge is -2.31. The summed E-state index contributed by atoms with van der Waals surface area (Å²) >= 11 is 7.47. The number of carbonyl (C=O) groups is 1. The van der Waals surface area contributed by atoms with Gasteiger partial charge in [0.25, 0.3) is 0 Å². The van der Waals surface area contributed by atoms with Crippen molar-refractivity contribution < 1.29 is 17.6 Å². The SMILES string of the molecule is O=C(NCCSc1ccc(Cl)cc1)C1CCCN(S(=O)(=O)c2ccc(F)cc2)C1. The third-order valence-corrected chi connectivity index (χ3v) is 7.84.